The molecule has 0 atom stereocenters. The maximum Gasteiger partial charge on any atom is 0.262 e. The van der Waals surface area contributed by atoms with Crippen LogP contribution in [0.15, 0.2) is 36.4 Å². The third-order valence-electron chi connectivity index (χ3n) is 3.41. The van der Waals surface area contributed by atoms with Crippen molar-refractivity contribution in [3.63, 3.8) is 0 Å². The minimum absolute atomic E-state index is 0.0315. The number of hydrogen-bond donors (Lipinski definition) is 2. The quantitative estimate of drug-likeness (QED) is 0.847. The SMILES string of the molecule is Cc1ccc(OCC(=O)Nc2ccc(C)c(N)c2)cc1C. The van der Waals surface area contributed by atoms with Gasteiger partial charge in [0, 0.05) is 11.4 Å². The van der Waals surface area contributed by atoms with E-state index in [0.717, 1.165) is 11.1 Å². The lowest BCUT2D eigenvalue weighted by Gasteiger charge is -2.10. The Bertz CT molecular complexity index is 666. The van der Waals surface area contributed by atoms with Gasteiger partial charge in [-0.2, -0.15) is 0 Å². The zero-order chi connectivity index (χ0) is 15.4. The molecule has 2 aromatic carbocycles. The lowest BCUT2D eigenvalue weighted by molar-refractivity contribution is -0.118. The lowest BCUT2D eigenvalue weighted by Crippen LogP contribution is -2.20. The third-order valence-corrected chi connectivity index (χ3v) is 3.41. The summed E-state index contributed by atoms with van der Waals surface area (Å²) in [6.07, 6.45) is 0. The first kappa shape index (κ1) is 14.9. The number of nitrogens with two attached hydrogens (primary N) is 1. The summed E-state index contributed by atoms with van der Waals surface area (Å²) in [6, 6.07) is 11.2. The first-order valence-corrected chi connectivity index (χ1v) is 6.82. The van der Waals surface area contributed by atoms with Gasteiger partial charge in [0.2, 0.25) is 0 Å². The highest BCUT2D eigenvalue weighted by atomic mass is 16.5. The smallest absolute Gasteiger partial charge is 0.262 e. The number of carbonyl (C=O) groups excluding carboxylic acids is 1. The predicted octanol–water partition coefficient (Wildman–Crippen LogP) is 3.21. The highest BCUT2D eigenvalue weighted by Crippen LogP contribution is 2.18. The average molecular weight is 284 g/mol. The fourth-order valence-corrected chi connectivity index (χ4v) is 1.87. The van der Waals surface area contributed by atoms with E-state index in [0.29, 0.717) is 17.1 Å². The van der Waals surface area contributed by atoms with Gasteiger partial charge in [0.15, 0.2) is 6.61 Å². The molecule has 0 spiro atoms. The van der Waals surface area contributed by atoms with E-state index in [1.54, 1.807) is 6.07 Å². The van der Waals surface area contributed by atoms with Crippen LogP contribution in [-0.2, 0) is 4.79 Å². The van der Waals surface area contributed by atoms with Crippen LogP contribution in [0.5, 0.6) is 5.75 Å². The molecular weight excluding hydrogens is 264 g/mol. The second-order valence-corrected chi connectivity index (χ2v) is 5.15. The van der Waals surface area contributed by atoms with E-state index < -0.39 is 0 Å². The number of nitrogen functional groups attached to an aromatic ring is 1. The van der Waals surface area contributed by atoms with Crippen molar-refractivity contribution in [1.29, 1.82) is 0 Å². The molecule has 4 nitrogen and oxygen atoms in total. The highest BCUT2D eigenvalue weighted by Gasteiger charge is 2.05. The van der Waals surface area contributed by atoms with Crippen molar-refractivity contribution >= 4 is 17.3 Å². The average Bonchev–Trinajstić information content (AvgIpc) is 2.44. The minimum Gasteiger partial charge on any atom is -0.484 e. The van der Waals surface area contributed by atoms with Gasteiger partial charge in [-0.15, -0.1) is 0 Å². The number of rotatable bonds is 4. The van der Waals surface area contributed by atoms with Gasteiger partial charge >= 0.3 is 0 Å². The maximum atomic E-state index is 11.9. The van der Waals surface area contributed by atoms with Crippen LogP contribution in [0.25, 0.3) is 0 Å². The molecule has 0 aliphatic carbocycles. The molecular formula is C17H20N2O2. The van der Waals surface area contributed by atoms with E-state index >= 15 is 0 Å². The molecule has 4 heteroatoms. The van der Waals surface area contributed by atoms with Crippen molar-refractivity contribution in [1.82, 2.24) is 0 Å². The molecule has 0 saturated carbocycles. The molecule has 0 unspecified atom stereocenters. The van der Waals surface area contributed by atoms with Gasteiger partial charge in [-0.25, -0.2) is 0 Å². The molecule has 21 heavy (non-hydrogen) atoms. The highest BCUT2D eigenvalue weighted by molar-refractivity contribution is 5.92. The van der Waals surface area contributed by atoms with Crippen molar-refractivity contribution in [2.75, 3.05) is 17.7 Å². The van der Waals surface area contributed by atoms with Gasteiger partial charge in [0.25, 0.3) is 5.91 Å². The Morgan fingerprint density at radius 1 is 1.05 bits per heavy atom. The van der Waals surface area contributed by atoms with Gasteiger partial charge in [0.05, 0.1) is 0 Å². The number of hydrogen-bond acceptors (Lipinski definition) is 3. The molecule has 2 rings (SSSR count). The second-order valence-electron chi connectivity index (χ2n) is 5.15. The number of anilines is 2. The molecule has 0 fully saturated rings. The number of nitrogens with one attached hydrogen (secondary N) is 1. The Morgan fingerprint density at radius 3 is 2.43 bits per heavy atom. The molecule has 0 aliphatic rings. The summed E-state index contributed by atoms with van der Waals surface area (Å²) in [4.78, 5) is 11.9. The zero-order valence-electron chi connectivity index (χ0n) is 12.6. The van der Waals surface area contributed by atoms with Gasteiger partial charge in [0.1, 0.15) is 5.75 Å². The number of carbonyl (C=O) groups is 1. The summed E-state index contributed by atoms with van der Waals surface area (Å²) < 4.78 is 5.49. The van der Waals surface area contributed by atoms with Crippen LogP contribution in [0.1, 0.15) is 16.7 Å². The maximum absolute atomic E-state index is 11.9. The van der Waals surface area contributed by atoms with E-state index in [9.17, 15) is 4.79 Å². The summed E-state index contributed by atoms with van der Waals surface area (Å²) >= 11 is 0. The molecule has 0 bridgehead atoms. The largest absolute Gasteiger partial charge is 0.484 e. The van der Waals surface area contributed by atoms with Crippen molar-refractivity contribution in [2.45, 2.75) is 20.8 Å². The van der Waals surface area contributed by atoms with Gasteiger partial charge < -0.3 is 15.8 Å². The number of benzene rings is 2. The van der Waals surface area contributed by atoms with Crippen molar-refractivity contribution in [2.24, 2.45) is 0 Å². The predicted molar refractivity (Wildman–Crippen MR) is 85.6 cm³/mol. The summed E-state index contributed by atoms with van der Waals surface area (Å²) in [7, 11) is 0. The van der Waals surface area contributed by atoms with Crippen LogP contribution in [0, 0.1) is 20.8 Å². The minimum atomic E-state index is -0.212. The Balaban J connectivity index is 1.92. The standard InChI is InChI=1S/C17H20N2O2/c1-11-5-7-15(8-13(11)3)21-10-17(20)19-14-6-4-12(2)16(18)9-14/h4-9H,10,18H2,1-3H3,(H,19,20). The number of ether oxygens (including phenoxy) is 1. The Labute approximate surface area is 124 Å². The normalized spacial score (nSPS) is 10.2. The molecule has 1 amide bonds. The zero-order valence-corrected chi connectivity index (χ0v) is 12.6. The van der Waals surface area contributed by atoms with E-state index in [1.807, 2.05) is 51.1 Å². The van der Waals surface area contributed by atoms with Crippen LogP contribution in [0.4, 0.5) is 11.4 Å². The molecule has 3 N–H and O–H groups in total. The van der Waals surface area contributed by atoms with Crippen LogP contribution in [-0.4, -0.2) is 12.5 Å². The fraction of sp³-hybridized carbons (Fsp3) is 0.235. The van der Waals surface area contributed by atoms with E-state index in [1.165, 1.54) is 5.56 Å². The van der Waals surface area contributed by atoms with Crippen LogP contribution in [0.2, 0.25) is 0 Å². The Morgan fingerprint density at radius 2 is 1.76 bits per heavy atom. The topological polar surface area (TPSA) is 64.3 Å². The van der Waals surface area contributed by atoms with Crippen LogP contribution >= 0.6 is 0 Å². The summed E-state index contributed by atoms with van der Waals surface area (Å²) in [5, 5.41) is 2.76. The monoisotopic (exact) mass is 284 g/mol. The number of amides is 1. The van der Waals surface area contributed by atoms with E-state index in [4.69, 9.17) is 10.5 Å². The molecule has 2 aromatic rings. The van der Waals surface area contributed by atoms with Crippen LogP contribution < -0.4 is 15.8 Å². The fourth-order valence-electron chi connectivity index (χ4n) is 1.87. The van der Waals surface area contributed by atoms with E-state index in [2.05, 4.69) is 5.32 Å². The summed E-state index contributed by atoms with van der Waals surface area (Å²) in [5.74, 6) is 0.480. The number of aryl methyl sites for hydroxylation is 3. The molecule has 110 valence electrons. The van der Waals surface area contributed by atoms with Crippen LogP contribution in [0.3, 0.4) is 0 Å². The molecule has 0 heterocycles. The van der Waals surface area contributed by atoms with Gasteiger partial charge in [-0.1, -0.05) is 12.1 Å². The lowest BCUT2D eigenvalue weighted by atomic mass is 10.1. The molecule has 0 aliphatic heterocycles. The third kappa shape index (κ3) is 3.99. The molecule has 0 aromatic heterocycles. The summed E-state index contributed by atoms with van der Waals surface area (Å²) in [5.41, 5.74) is 10.5. The first-order valence-electron chi connectivity index (χ1n) is 6.82. The Kier molecular flexibility index (Phi) is 4.48. The van der Waals surface area contributed by atoms with E-state index in [-0.39, 0.29) is 12.5 Å². The summed E-state index contributed by atoms with van der Waals surface area (Å²) in [6.45, 7) is 5.94. The molecule has 0 radical (unpaired) electrons. The Hall–Kier alpha value is -2.49. The van der Waals surface area contributed by atoms with Crippen molar-refractivity contribution < 1.29 is 9.53 Å². The van der Waals surface area contributed by atoms with Gasteiger partial charge in [-0.3, -0.25) is 4.79 Å². The first-order chi connectivity index (χ1) is 9.95. The van der Waals surface area contributed by atoms with Gasteiger partial charge in [-0.05, 0) is 61.7 Å². The van der Waals surface area contributed by atoms with Crippen molar-refractivity contribution in [3.05, 3.63) is 53.1 Å². The van der Waals surface area contributed by atoms with Crippen molar-refractivity contribution in [3.8, 4) is 5.75 Å². The second kappa shape index (κ2) is 6.31. The molecule has 0 saturated heterocycles.